The fourth-order valence-electron chi connectivity index (χ4n) is 2.64. The summed E-state index contributed by atoms with van der Waals surface area (Å²) in [4.78, 5) is 5.22. The van der Waals surface area contributed by atoms with Crippen LogP contribution in [-0.2, 0) is 12.0 Å². The number of benzene rings is 1. The summed E-state index contributed by atoms with van der Waals surface area (Å²) in [5.41, 5.74) is 3.96. The van der Waals surface area contributed by atoms with Crippen LogP contribution in [0.1, 0.15) is 50.9 Å². The van der Waals surface area contributed by atoms with Crippen LogP contribution in [0.2, 0.25) is 0 Å². The third-order valence-corrected chi connectivity index (χ3v) is 4.44. The van der Waals surface area contributed by atoms with Gasteiger partial charge >= 0.3 is 0 Å². The number of hydrogen-bond donors (Lipinski definition) is 2. The highest BCUT2D eigenvalue weighted by atomic mass is 32.1. The molecule has 0 aliphatic rings. The molecule has 4 heteroatoms. The molecule has 0 saturated carbocycles. The Morgan fingerprint density at radius 1 is 1.35 bits per heavy atom. The average Bonchev–Trinajstić information content (AvgIpc) is 3.09. The number of allylic oxidation sites excluding steroid dienone is 4. The van der Waals surface area contributed by atoms with Gasteiger partial charge in [-0.05, 0) is 61.6 Å². The second-order valence-electron chi connectivity index (χ2n) is 6.83. The van der Waals surface area contributed by atoms with E-state index in [4.69, 9.17) is 0 Å². The van der Waals surface area contributed by atoms with E-state index in [0.717, 1.165) is 34.6 Å². The van der Waals surface area contributed by atoms with Gasteiger partial charge in [-0.2, -0.15) is 0 Å². The van der Waals surface area contributed by atoms with Crippen molar-refractivity contribution in [1.29, 1.82) is 0 Å². The fraction of sp³-hybridized carbons (Fsp3) is 0.318. The molecule has 1 N–H and O–H groups in total. The van der Waals surface area contributed by atoms with Gasteiger partial charge in [0.1, 0.15) is 5.60 Å². The molecule has 138 valence electrons. The first-order valence-electron chi connectivity index (χ1n) is 8.92. The number of imidazole rings is 1. The Hall–Kier alpha value is -2.04. The first kappa shape index (κ1) is 20.3. The topological polar surface area (TPSA) is 38.0 Å². The summed E-state index contributed by atoms with van der Waals surface area (Å²) in [7, 11) is 0. The van der Waals surface area contributed by atoms with E-state index in [1.54, 1.807) is 20.2 Å². The number of rotatable bonds is 7. The van der Waals surface area contributed by atoms with Gasteiger partial charge in [-0.25, -0.2) is 4.98 Å². The number of nitrogens with zero attached hydrogens (tertiary/aromatic N) is 2. The highest BCUT2D eigenvalue weighted by Crippen LogP contribution is 2.25. The Bertz CT molecular complexity index is 838. The molecule has 0 spiro atoms. The molecule has 0 aliphatic heterocycles. The van der Waals surface area contributed by atoms with E-state index in [1.165, 1.54) is 5.56 Å². The predicted molar refractivity (Wildman–Crippen MR) is 114 cm³/mol. The number of thiol groups is 1. The molecule has 0 aliphatic carbocycles. The summed E-state index contributed by atoms with van der Waals surface area (Å²) in [6.07, 6.45) is 11.5. The van der Waals surface area contributed by atoms with Gasteiger partial charge in [0, 0.05) is 16.8 Å². The molecule has 0 fully saturated rings. The van der Waals surface area contributed by atoms with Crippen LogP contribution < -0.4 is 0 Å². The van der Waals surface area contributed by atoms with Gasteiger partial charge in [0.15, 0.2) is 0 Å². The van der Waals surface area contributed by atoms with E-state index in [-0.39, 0.29) is 0 Å². The van der Waals surface area contributed by atoms with Gasteiger partial charge in [-0.15, -0.1) is 12.6 Å². The molecule has 0 bridgehead atoms. The molecule has 2 aromatic rings. The Morgan fingerprint density at radius 3 is 2.65 bits per heavy atom. The van der Waals surface area contributed by atoms with E-state index in [9.17, 15) is 5.11 Å². The van der Waals surface area contributed by atoms with Crippen molar-refractivity contribution in [3.05, 3.63) is 77.3 Å². The van der Waals surface area contributed by atoms with Gasteiger partial charge in [-0.1, -0.05) is 38.6 Å². The maximum atomic E-state index is 10.1. The Kier molecular flexibility index (Phi) is 6.68. The Labute approximate surface area is 162 Å². The van der Waals surface area contributed by atoms with Crippen LogP contribution in [0.5, 0.6) is 0 Å². The molecular formula is C22H28N2OS. The summed E-state index contributed by atoms with van der Waals surface area (Å²) in [6, 6.07) is 6.29. The first-order valence-corrected chi connectivity index (χ1v) is 9.37. The summed E-state index contributed by atoms with van der Waals surface area (Å²) >= 11 is 4.49. The molecule has 0 saturated heterocycles. The van der Waals surface area contributed by atoms with Gasteiger partial charge in [-0.3, -0.25) is 0 Å². The van der Waals surface area contributed by atoms with Crippen LogP contribution >= 0.6 is 12.6 Å². The normalized spacial score (nSPS) is 12.8. The molecular weight excluding hydrogens is 340 g/mol. The van der Waals surface area contributed by atoms with Crippen LogP contribution in [0.25, 0.3) is 11.3 Å². The van der Waals surface area contributed by atoms with Crippen molar-refractivity contribution < 1.29 is 5.11 Å². The lowest BCUT2D eigenvalue weighted by molar-refractivity contribution is 0.0742. The van der Waals surface area contributed by atoms with Gasteiger partial charge < -0.3 is 9.67 Å². The lowest BCUT2D eigenvalue weighted by Gasteiger charge is -2.14. The van der Waals surface area contributed by atoms with Crippen molar-refractivity contribution in [2.24, 2.45) is 0 Å². The average molecular weight is 369 g/mol. The monoisotopic (exact) mass is 368 g/mol. The minimum atomic E-state index is -0.953. The van der Waals surface area contributed by atoms with Crippen molar-refractivity contribution in [2.45, 2.75) is 46.1 Å². The van der Waals surface area contributed by atoms with Crippen molar-refractivity contribution in [2.75, 3.05) is 0 Å². The third-order valence-electron chi connectivity index (χ3n) is 4.17. The minimum absolute atomic E-state index is 0.651. The molecule has 1 aromatic carbocycles. The maximum absolute atomic E-state index is 10.1. The molecule has 0 atom stereocenters. The van der Waals surface area contributed by atoms with E-state index in [1.807, 2.05) is 22.9 Å². The van der Waals surface area contributed by atoms with E-state index in [2.05, 4.69) is 62.3 Å². The molecule has 0 unspecified atom stereocenters. The van der Waals surface area contributed by atoms with Crippen LogP contribution in [0.15, 0.2) is 60.4 Å². The largest absolute Gasteiger partial charge is 0.384 e. The van der Waals surface area contributed by atoms with Crippen molar-refractivity contribution in [1.82, 2.24) is 9.55 Å². The second kappa shape index (κ2) is 8.56. The SMILES string of the molecule is C=C(/C=C(S)\C=C/CC)c1ccc(-n2cnc(C(C)(C)O)c2)c(CC)c1. The number of hydrogen-bond acceptors (Lipinski definition) is 3. The molecule has 0 amide bonds. The maximum Gasteiger partial charge on any atom is 0.102 e. The van der Waals surface area contributed by atoms with Crippen molar-refractivity contribution >= 4 is 18.2 Å². The van der Waals surface area contributed by atoms with E-state index in [0.29, 0.717) is 5.69 Å². The smallest absolute Gasteiger partial charge is 0.102 e. The summed E-state index contributed by atoms with van der Waals surface area (Å²) in [6.45, 7) is 11.9. The van der Waals surface area contributed by atoms with Crippen LogP contribution in [0.3, 0.4) is 0 Å². The Balaban J connectivity index is 2.34. The quantitative estimate of drug-likeness (QED) is 0.503. The van der Waals surface area contributed by atoms with Crippen LogP contribution in [0.4, 0.5) is 0 Å². The van der Waals surface area contributed by atoms with Gasteiger partial charge in [0.2, 0.25) is 0 Å². The van der Waals surface area contributed by atoms with Crippen molar-refractivity contribution in [3.63, 3.8) is 0 Å². The zero-order valence-corrected chi connectivity index (χ0v) is 16.9. The molecule has 0 radical (unpaired) electrons. The van der Waals surface area contributed by atoms with E-state index >= 15 is 0 Å². The lowest BCUT2D eigenvalue weighted by Crippen LogP contribution is -2.15. The number of aliphatic hydroxyl groups is 1. The van der Waals surface area contributed by atoms with E-state index < -0.39 is 5.60 Å². The molecule has 26 heavy (non-hydrogen) atoms. The lowest BCUT2D eigenvalue weighted by atomic mass is 10.0. The zero-order valence-electron chi connectivity index (χ0n) is 16.0. The third kappa shape index (κ3) is 4.99. The second-order valence-corrected chi connectivity index (χ2v) is 7.34. The van der Waals surface area contributed by atoms with Crippen molar-refractivity contribution in [3.8, 4) is 5.69 Å². The standard InChI is InChI=1S/C22H28N2OS/c1-6-8-9-19(26)12-16(3)18-10-11-20(17(7-2)13-18)24-14-21(23-15-24)22(4,5)25/h8-15,25-26H,3,6-7H2,1-2,4-5H3/b9-8-,19-12+. The number of aromatic nitrogens is 2. The van der Waals surface area contributed by atoms with Crippen LogP contribution in [-0.4, -0.2) is 14.7 Å². The zero-order chi connectivity index (χ0) is 19.3. The summed E-state index contributed by atoms with van der Waals surface area (Å²) in [5.74, 6) is 0. The summed E-state index contributed by atoms with van der Waals surface area (Å²) in [5, 5.41) is 10.1. The highest BCUT2D eigenvalue weighted by Gasteiger charge is 2.19. The molecule has 1 heterocycles. The fourth-order valence-corrected chi connectivity index (χ4v) is 2.90. The Morgan fingerprint density at radius 2 is 2.08 bits per heavy atom. The number of aryl methyl sites for hydroxylation is 1. The first-order chi connectivity index (χ1) is 12.3. The predicted octanol–water partition coefficient (Wildman–Crippen LogP) is 5.46. The molecule has 2 rings (SSSR count). The molecule has 1 aromatic heterocycles. The minimum Gasteiger partial charge on any atom is -0.384 e. The summed E-state index contributed by atoms with van der Waals surface area (Å²) < 4.78 is 1.96. The highest BCUT2D eigenvalue weighted by molar-refractivity contribution is 7.84. The van der Waals surface area contributed by atoms with Gasteiger partial charge in [0.05, 0.1) is 12.0 Å². The van der Waals surface area contributed by atoms with Gasteiger partial charge in [0.25, 0.3) is 0 Å². The van der Waals surface area contributed by atoms with Crippen LogP contribution in [0, 0.1) is 0 Å². The molecule has 3 nitrogen and oxygen atoms in total.